The number of benzene rings is 1. The van der Waals surface area contributed by atoms with Crippen molar-refractivity contribution in [1.29, 1.82) is 0 Å². The van der Waals surface area contributed by atoms with Gasteiger partial charge in [-0.15, -0.1) is 0 Å². The first-order valence-corrected chi connectivity index (χ1v) is 8.31. The molecular formula is C16H25BrN2O. The minimum atomic E-state index is 0.263. The smallest absolute Gasteiger partial charge is 0.0447 e. The molecule has 1 fully saturated rings. The molecule has 0 saturated heterocycles. The molecule has 1 aromatic carbocycles. The Morgan fingerprint density at radius 3 is 2.70 bits per heavy atom. The van der Waals surface area contributed by atoms with E-state index in [0.29, 0.717) is 12.1 Å². The van der Waals surface area contributed by atoms with Gasteiger partial charge in [-0.05, 0) is 57.4 Å². The molecule has 0 aliphatic heterocycles. The van der Waals surface area contributed by atoms with E-state index < -0.39 is 0 Å². The molecule has 0 aromatic heterocycles. The summed E-state index contributed by atoms with van der Waals surface area (Å²) in [4.78, 5) is 2.46. The van der Waals surface area contributed by atoms with E-state index in [1.54, 1.807) is 0 Å². The van der Waals surface area contributed by atoms with E-state index in [9.17, 15) is 0 Å². The fourth-order valence-electron chi connectivity index (χ4n) is 2.66. The summed E-state index contributed by atoms with van der Waals surface area (Å²) in [5.74, 6) is 0. The van der Waals surface area contributed by atoms with Crippen LogP contribution in [0.1, 0.15) is 44.2 Å². The number of anilines is 1. The van der Waals surface area contributed by atoms with Crippen molar-refractivity contribution >= 4 is 21.6 Å². The van der Waals surface area contributed by atoms with Crippen molar-refractivity contribution in [2.75, 3.05) is 25.1 Å². The summed E-state index contributed by atoms with van der Waals surface area (Å²) in [7, 11) is 1.98. The molecular weight excluding hydrogens is 316 g/mol. The van der Waals surface area contributed by atoms with E-state index in [-0.39, 0.29) is 6.61 Å². The Hall–Kier alpha value is -0.580. The minimum absolute atomic E-state index is 0.263. The Balaban J connectivity index is 2.18. The van der Waals surface area contributed by atoms with Crippen LogP contribution in [0, 0.1) is 0 Å². The predicted molar refractivity (Wildman–Crippen MR) is 88.3 cm³/mol. The molecule has 112 valence electrons. The average Bonchev–Trinajstić information content (AvgIpc) is 2.40. The van der Waals surface area contributed by atoms with Crippen molar-refractivity contribution in [2.45, 2.75) is 44.7 Å². The molecule has 0 radical (unpaired) electrons. The summed E-state index contributed by atoms with van der Waals surface area (Å²) < 4.78 is 1.16. The summed E-state index contributed by atoms with van der Waals surface area (Å²) in [6, 6.07) is 7.63. The fourth-order valence-corrected chi connectivity index (χ4v) is 3.37. The molecule has 1 aromatic rings. The van der Waals surface area contributed by atoms with E-state index in [1.165, 1.54) is 30.5 Å². The lowest BCUT2D eigenvalue weighted by atomic mass is 9.90. The van der Waals surface area contributed by atoms with E-state index in [1.807, 2.05) is 7.05 Å². The second kappa shape index (κ2) is 7.43. The van der Waals surface area contributed by atoms with Crippen molar-refractivity contribution in [3.63, 3.8) is 0 Å². The number of nitrogens with zero attached hydrogens (tertiary/aromatic N) is 1. The maximum atomic E-state index is 9.09. The van der Waals surface area contributed by atoms with Crippen molar-refractivity contribution in [3.05, 3.63) is 28.2 Å². The predicted octanol–water partition coefficient (Wildman–Crippen LogP) is 3.47. The molecule has 1 aliphatic rings. The number of hydrogen-bond acceptors (Lipinski definition) is 3. The zero-order chi connectivity index (χ0) is 14.5. The second-order valence-electron chi connectivity index (χ2n) is 5.57. The first-order valence-electron chi connectivity index (χ1n) is 7.51. The van der Waals surface area contributed by atoms with Crippen LogP contribution < -0.4 is 10.2 Å². The van der Waals surface area contributed by atoms with Gasteiger partial charge in [0.15, 0.2) is 0 Å². The van der Waals surface area contributed by atoms with Gasteiger partial charge in [-0.1, -0.05) is 22.0 Å². The van der Waals surface area contributed by atoms with Crippen LogP contribution in [0.5, 0.6) is 0 Å². The van der Waals surface area contributed by atoms with Crippen molar-refractivity contribution in [1.82, 2.24) is 5.32 Å². The lowest BCUT2D eigenvalue weighted by Gasteiger charge is -2.39. The average molecular weight is 341 g/mol. The standard InChI is InChI=1S/C16H25BrN2O/c1-12(18-2)15-8-7-14(11-16(15)17)19(9-4-10-20)13-5-3-6-13/h7-8,11-13,18,20H,3-6,9-10H2,1-2H3. The normalized spacial score (nSPS) is 16.8. The maximum Gasteiger partial charge on any atom is 0.0447 e. The molecule has 0 heterocycles. The first-order chi connectivity index (χ1) is 9.67. The quantitative estimate of drug-likeness (QED) is 0.797. The zero-order valence-electron chi connectivity index (χ0n) is 12.4. The fraction of sp³-hybridized carbons (Fsp3) is 0.625. The highest BCUT2D eigenvalue weighted by Gasteiger charge is 2.25. The Morgan fingerprint density at radius 2 is 2.20 bits per heavy atom. The molecule has 20 heavy (non-hydrogen) atoms. The van der Waals surface area contributed by atoms with Crippen molar-refractivity contribution in [3.8, 4) is 0 Å². The summed E-state index contributed by atoms with van der Waals surface area (Å²) in [6.07, 6.45) is 4.72. The largest absolute Gasteiger partial charge is 0.396 e. The van der Waals surface area contributed by atoms with Gasteiger partial charge in [0, 0.05) is 35.4 Å². The monoisotopic (exact) mass is 340 g/mol. The van der Waals surface area contributed by atoms with E-state index >= 15 is 0 Å². The summed E-state index contributed by atoms with van der Waals surface area (Å²) in [5.41, 5.74) is 2.55. The molecule has 1 unspecified atom stereocenters. The Bertz CT molecular complexity index is 434. The van der Waals surface area contributed by atoms with E-state index in [0.717, 1.165) is 17.4 Å². The lowest BCUT2D eigenvalue weighted by molar-refractivity contribution is 0.283. The number of halogens is 1. The lowest BCUT2D eigenvalue weighted by Crippen LogP contribution is -2.41. The van der Waals surface area contributed by atoms with Crippen LogP contribution in [0.25, 0.3) is 0 Å². The van der Waals surface area contributed by atoms with Crippen molar-refractivity contribution in [2.24, 2.45) is 0 Å². The number of hydrogen-bond donors (Lipinski definition) is 2. The molecule has 0 bridgehead atoms. The number of nitrogens with one attached hydrogen (secondary N) is 1. The van der Waals surface area contributed by atoms with Crippen LogP contribution in [0.3, 0.4) is 0 Å². The molecule has 0 spiro atoms. The minimum Gasteiger partial charge on any atom is -0.396 e. The van der Waals surface area contributed by atoms with Crippen LogP contribution >= 0.6 is 15.9 Å². The van der Waals surface area contributed by atoms with Crippen LogP contribution in [0.4, 0.5) is 5.69 Å². The molecule has 1 aliphatic carbocycles. The third-order valence-corrected chi connectivity index (χ3v) is 4.97. The van der Waals surface area contributed by atoms with Crippen LogP contribution in [0.2, 0.25) is 0 Å². The van der Waals surface area contributed by atoms with Gasteiger partial charge >= 0.3 is 0 Å². The maximum absolute atomic E-state index is 9.09. The van der Waals surface area contributed by atoms with E-state index in [4.69, 9.17) is 5.11 Å². The van der Waals surface area contributed by atoms with Gasteiger partial charge in [-0.2, -0.15) is 0 Å². The SMILES string of the molecule is CNC(C)c1ccc(N(CCCO)C2CCC2)cc1Br. The van der Waals surface area contributed by atoms with Gasteiger partial charge in [0.1, 0.15) is 0 Å². The highest BCUT2D eigenvalue weighted by atomic mass is 79.9. The zero-order valence-corrected chi connectivity index (χ0v) is 14.0. The molecule has 2 rings (SSSR count). The molecule has 1 atom stereocenters. The molecule has 1 saturated carbocycles. The highest BCUT2D eigenvalue weighted by molar-refractivity contribution is 9.10. The second-order valence-corrected chi connectivity index (χ2v) is 6.43. The summed E-state index contributed by atoms with van der Waals surface area (Å²) >= 11 is 3.70. The Morgan fingerprint density at radius 1 is 1.45 bits per heavy atom. The first kappa shape index (κ1) is 15.8. The number of aliphatic hydroxyl groups is 1. The van der Waals surface area contributed by atoms with Gasteiger partial charge in [-0.3, -0.25) is 0 Å². The van der Waals surface area contributed by atoms with Gasteiger partial charge < -0.3 is 15.3 Å². The Labute approximate surface area is 130 Å². The summed E-state index contributed by atoms with van der Waals surface area (Å²) in [6.45, 7) is 3.36. The third kappa shape index (κ3) is 3.54. The molecule has 2 N–H and O–H groups in total. The van der Waals surface area contributed by atoms with Gasteiger partial charge in [0.2, 0.25) is 0 Å². The van der Waals surface area contributed by atoms with Gasteiger partial charge in [-0.25, -0.2) is 0 Å². The molecule has 0 amide bonds. The van der Waals surface area contributed by atoms with Gasteiger partial charge in [0.25, 0.3) is 0 Å². The molecule has 4 heteroatoms. The highest BCUT2D eigenvalue weighted by Crippen LogP contribution is 2.33. The van der Waals surface area contributed by atoms with E-state index in [2.05, 4.69) is 51.3 Å². The van der Waals surface area contributed by atoms with Crippen molar-refractivity contribution < 1.29 is 5.11 Å². The van der Waals surface area contributed by atoms with Crippen LogP contribution in [-0.2, 0) is 0 Å². The third-order valence-electron chi connectivity index (χ3n) is 4.29. The molecule has 3 nitrogen and oxygen atoms in total. The topological polar surface area (TPSA) is 35.5 Å². The van der Waals surface area contributed by atoms with Crippen LogP contribution in [-0.4, -0.2) is 31.3 Å². The Kier molecular flexibility index (Phi) is 5.87. The number of aliphatic hydroxyl groups excluding tert-OH is 1. The van der Waals surface area contributed by atoms with Gasteiger partial charge in [0.05, 0.1) is 0 Å². The van der Waals surface area contributed by atoms with Crippen LogP contribution in [0.15, 0.2) is 22.7 Å². The number of rotatable bonds is 7. The summed E-state index contributed by atoms with van der Waals surface area (Å²) in [5, 5.41) is 12.4.